The Morgan fingerprint density at radius 3 is 2.35 bits per heavy atom. The Morgan fingerprint density at radius 1 is 1.08 bits per heavy atom. The van der Waals surface area contributed by atoms with Crippen LogP contribution in [0.1, 0.15) is 39.2 Å². The minimum atomic E-state index is -3.64. The molecular weight excluding hydrogens is 537 g/mol. The van der Waals surface area contributed by atoms with Crippen LogP contribution in [0, 0.1) is 5.92 Å². The van der Waals surface area contributed by atoms with Crippen LogP contribution in [0.3, 0.4) is 0 Å². The molecule has 0 unspecified atom stereocenters. The van der Waals surface area contributed by atoms with E-state index in [-0.39, 0.29) is 48.7 Å². The summed E-state index contributed by atoms with van der Waals surface area (Å²) >= 11 is 12.3. The Kier molecular flexibility index (Phi) is 11.5. The highest BCUT2D eigenvalue weighted by atomic mass is 35.5. The van der Waals surface area contributed by atoms with Gasteiger partial charge < -0.3 is 15.0 Å². The molecule has 0 saturated carbocycles. The maximum absolute atomic E-state index is 13.3. The molecule has 1 N–H and O–H groups in total. The first-order valence-corrected chi connectivity index (χ1v) is 14.6. The highest BCUT2D eigenvalue weighted by Gasteiger charge is 2.27. The molecule has 0 radical (unpaired) electrons. The van der Waals surface area contributed by atoms with Gasteiger partial charge in [0, 0.05) is 31.1 Å². The fraction of sp³-hybridized carbons (Fsp3) is 0.462. The number of benzene rings is 2. The number of hydrogen-bond donors (Lipinski definition) is 1. The maximum Gasteiger partial charge on any atom is 0.242 e. The number of methoxy groups -OCH3 is 1. The molecule has 0 aliphatic rings. The van der Waals surface area contributed by atoms with Crippen LogP contribution >= 0.6 is 23.2 Å². The maximum atomic E-state index is 13.3. The Labute approximate surface area is 229 Å². The van der Waals surface area contributed by atoms with Gasteiger partial charge in [0.15, 0.2) is 0 Å². The van der Waals surface area contributed by atoms with E-state index in [9.17, 15) is 18.0 Å². The van der Waals surface area contributed by atoms with Crippen molar-refractivity contribution in [3.63, 3.8) is 0 Å². The average molecular weight is 573 g/mol. The van der Waals surface area contributed by atoms with Crippen molar-refractivity contribution in [2.24, 2.45) is 5.92 Å². The average Bonchev–Trinajstić information content (AvgIpc) is 2.82. The van der Waals surface area contributed by atoms with Crippen molar-refractivity contribution < 1.29 is 22.7 Å². The lowest BCUT2D eigenvalue weighted by molar-refractivity contribution is -0.140. The molecule has 0 aromatic heterocycles. The summed E-state index contributed by atoms with van der Waals surface area (Å²) in [6, 6.07) is 11.1. The number of carbonyl (C=O) groups is 2. The Morgan fingerprint density at radius 2 is 1.78 bits per heavy atom. The lowest BCUT2D eigenvalue weighted by atomic mass is 10.1. The van der Waals surface area contributed by atoms with Gasteiger partial charge in [0.25, 0.3) is 0 Å². The van der Waals surface area contributed by atoms with Crippen molar-refractivity contribution in [1.82, 2.24) is 10.2 Å². The Balaban J connectivity index is 2.18. The molecule has 11 heteroatoms. The first-order chi connectivity index (χ1) is 17.3. The van der Waals surface area contributed by atoms with Crippen molar-refractivity contribution in [3.8, 4) is 5.75 Å². The summed E-state index contributed by atoms with van der Waals surface area (Å²) in [5, 5.41) is 3.68. The molecule has 2 amide bonds. The molecule has 8 nitrogen and oxygen atoms in total. The molecule has 0 spiro atoms. The zero-order chi connectivity index (χ0) is 27.8. The normalized spacial score (nSPS) is 12.2. The van der Waals surface area contributed by atoms with Crippen molar-refractivity contribution >= 4 is 50.7 Å². The van der Waals surface area contributed by atoms with E-state index in [0.717, 1.165) is 11.8 Å². The zero-order valence-electron chi connectivity index (χ0n) is 21.8. The number of anilines is 1. The zero-order valence-corrected chi connectivity index (χ0v) is 24.2. The van der Waals surface area contributed by atoms with E-state index in [4.69, 9.17) is 27.9 Å². The van der Waals surface area contributed by atoms with Gasteiger partial charge in [-0.15, -0.1) is 0 Å². The van der Waals surface area contributed by atoms with E-state index >= 15 is 0 Å². The van der Waals surface area contributed by atoms with E-state index in [0.29, 0.717) is 23.0 Å². The van der Waals surface area contributed by atoms with Crippen molar-refractivity contribution in [3.05, 3.63) is 58.1 Å². The van der Waals surface area contributed by atoms with Crippen molar-refractivity contribution in [1.29, 1.82) is 0 Å². The molecule has 0 bridgehead atoms. The standard InChI is InChI=1S/C26H35Cl2N3O5S/c1-18(2)16-29-26(33)19(3)30(17-20-8-6-9-21(27)14-20)25(32)10-7-13-31(37(5,34)35)22-11-12-24(36-4)23(28)15-22/h6,8-9,11-12,14-15,18-19H,7,10,13,16-17H2,1-5H3,(H,29,33)/t19-/m0/s1. The summed E-state index contributed by atoms with van der Waals surface area (Å²) in [4.78, 5) is 27.6. The van der Waals surface area contributed by atoms with Crippen LogP contribution in [0.4, 0.5) is 5.69 Å². The first kappa shape index (κ1) is 30.7. The molecule has 0 aliphatic carbocycles. The number of rotatable bonds is 13. The predicted molar refractivity (Wildman–Crippen MR) is 149 cm³/mol. The van der Waals surface area contributed by atoms with Gasteiger partial charge in [0.1, 0.15) is 11.8 Å². The lowest BCUT2D eigenvalue weighted by Gasteiger charge is -2.29. The summed E-state index contributed by atoms with van der Waals surface area (Å²) in [6.07, 6.45) is 1.37. The second-order valence-corrected chi connectivity index (χ2v) is 12.0. The summed E-state index contributed by atoms with van der Waals surface area (Å²) < 4.78 is 31.3. The monoisotopic (exact) mass is 571 g/mol. The van der Waals surface area contributed by atoms with Gasteiger partial charge in [-0.3, -0.25) is 13.9 Å². The molecule has 204 valence electrons. The molecule has 0 heterocycles. The van der Waals surface area contributed by atoms with Crippen LogP contribution in [0.5, 0.6) is 5.75 Å². The number of halogens is 2. The van der Waals surface area contributed by atoms with Crippen LogP contribution < -0.4 is 14.4 Å². The molecular formula is C26H35Cl2N3O5S. The third-order valence-electron chi connectivity index (χ3n) is 5.67. The van der Waals surface area contributed by atoms with Crippen molar-refractivity contribution in [2.45, 2.75) is 46.2 Å². The SMILES string of the molecule is COc1ccc(N(CCCC(=O)N(Cc2cccc(Cl)c2)[C@@H](C)C(=O)NCC(C)C)S(C)(=O)=O)cc1Cl. The number of ether oxygens (including phenoxy) is 1. The first-order valence-electron chi connectivity index (χ1n) is 12.0. The predicted octanol–water partition coefficient (Wildman–Crippen LogP) is 4.74. The molecule has 2 aromatic rings. The van der Waals surface area contributed by atoms with Gasteiger partial charge in [0.2, 0.25) is 21.8 Å². The Bertz CT molecular complexity index is 1190. The summed E-state index contributed by atoms with van der Waals surface area (Å²) in [6.45, 7) is 6.41. The minimum Gasteiger partial charge on any atom is -0.495 e. The Hall–Kier alpha value is -2.49. The van der Waals surface area contributed by atoms with Gasteiger partial charge in [-0.1, -0.05) is 49.2 Å². The summed E-state index contributed by atoms with van der Waals surface area (Å²) in [5.41, 5.74) is 1.16. The third-order valence-corrected chi connectivity index (χ3v) is 7.39. The van der Waals surface area contributed by atoms with Crippen LogP contribution in [0.2, 0.25) is 10.0 Å². The van der Waals surface area contributed by atoms with Crippen LogP contribution in [0.15, 0.2) is 42.5 Å². The minimum absolute atomic E-state index is 0.0400. The number of nitrogens with one attached hydrogen (secondary N) is 1. The molecule has 1 atom stereocenters. The topological polar surface area (TPSA) is 96.0 Å². The van der Waals surface area contributed by atoms with Gasteiger partial charge in [-0.25, -0.2) is 8.42 Å². The molecule has 0 saturated heterocycles. The van der Waals surface area contributed by atoms with Gasteiger partial charge in [0.05, 0.1) is 24.1 Å². The molecule has 0 aliphatic heterocycles. The van der Waals surface area contributed by atoms with Crippen molar-refractivity contribution in [2.75, 3.05) is 30.8 Å². The fourth-order valence-corrected chi connectivity index (χ4v) is 5.10. The van der Waals surface area contributed by atoms with Crippen LogP contribution in [0.25, 0.3) is 0 Å². The summed E-state index contributed by atoms with van der Waals surface area (Å²) in [5.74, 6) is 0.167. The number of sulfonamides is 1. The summed E-state index contributed by atoms with van der Waals surface area (Å²) in [7, 11) is -2.17. The second kappa shape index (κ2) is 13.9. The van der Waals surface area contributed by atoms with Gasteiger partial charge >= 0.3 is 0 Å². The molecule has 37 heavy (non-hydrogen) atoms. The van der Waals surface area contributed by atoms with E-state index in [2.05, 4.69) is 5.32 Å². The number of amides is 2. The molecule has 2 aromatic carbocycles. The van der Waals surface area contributed by atoms with E-state index in [1.54, 1.807) is 37.3 Å². The molecule has 2 rings (SSSR count). The van der Waals surface area contributed by atoms with Crippen LogP contribution in [-0.2, 0) is 26.2 Å². The second-order valence-electron chi connectivity index (χ2n) is 9.22. The van der Waals surface area contributed by atoms with E-state index in [1.165, 1.54) is 22.4 Å². The highest BCUT2D eigenvalue weighted by molar-refractivity contribution is 7.92. The van der Waals surface area contributed by atoms with Crippen LogP contribution in [-0.4, -0.2) is 57.6 Å². The van der Waals surface area contributed by atoms with Gasteiger partial charge in [-0.2, -0.15) is 0 Å². The molecule has 0 fully saturated rings. The van der Waals surface area contributed by atoms with E-state index in [1.807, 2.05) is 19.9 Å². The lowest BCUT2D eigenvalue weighted by Crippen LogP contribution is -2.48. The highest BCUT2D eigenvalue weighted by Crippen LogP contribution is 2.30. The quantitative estimate of drug-likeness (QED) is 0.374. The third kappa shape index (κ3) is 9.39. The van der Waals surface area contributed by atoms with Gasteiger partial charge in [-0.05, 0) is 55.2 Å². The smallest absolute Gasteiger partial charge is 0.242 e. The fourth-order valence-electron chi connectivity index (χ4n) is 3.68. The number of nitrogens with zero attached hydrogens (tertiary/aromatic N) is 2. The number of hydrogen-bond acceptors (Lipinski definition) is 5. The largest absolute Gasteiger partial charge is 0.495 e. The number of carbonyl (C=O) groups excluding carboxylic acids is 2. The van der Waals surface area contributed by atoms with E-state index < -0.39 is 16.1 Å².